The maximum Gasteiger partial charge on any atom is 0.246 e. The number of ether oxygens (including phenoxy) is 1. The van der Waals surface area contributed by atoms with Gasteiger partial charge in [0.05, 0.1) is 11.6 Å². The van der Waals surface area contributed by atoms with E-state index in [1.165, 1.54) is 13.0 Å². The normalized spacial score (nSPS) is 13.2. The maximum atomic E-state index is 13.5. The molecule has 19 heavy (non-hydrogen) atoms. The van der Waals surface area contributed by atoms with Crippen LogP contribution in [0.3, 0.4) is 0 Å². The van der Waals surface area contributed by atoms with Crippen LogP contribution >= 0.6 is 0 Å². The molecule has 5 heteroatoms. The smallest absolute Gasteiger partial charge is 0.246 e. The topological polar surface area (TPSA) is 38.3 Å². The third-order valence-electron chi connectivity index (χ3n) is 2.45. The quantitative estimate of drug-likeness (QED) is 0.914. The lowest BCUT2D eigenvalue weighted by molar-refractivity contribution is -0.131. The molecular formula is C14H19F2NO2. The summed E-state index contributed by atoms with van der Waals surface area (Å²) in [6.45, 7) is 6.83. The molecule has 0 aliphatic heterocycles. The van der Waals surface area contributed by atoms with Gasteiger partial charge in [0.1, 0.15) is 18.2 Å². The Balaban J connectivity index is 2.65. The van der Waals surface area contributed by atoms with Crippen LogP contribution < -0.4 is 5.32 Å². The summed E-state index contributed by atoms with van der Waals surface area (Å²) in [7, 11) is 0. The Hall–Kier alpha value is -1.49. The van der Waals surface area contributed by atoms with Gasteiger partial charge in [-0.1, -0.05) is 6.07 Å². The predicted octanol–water partition coefficient (Wildman–Crippen LogP) is 2.96. The standard InChI is InChI=1S/C14H19F2NO2/c1-9(13-10(15)6-5-7-11(13)16)17-12(18)8-19-14(2,3)4/h5-7,9H,8H2,1-4H3,(H,17,18). The molecular weight excluding hydrogens is 252 g/mol. The fourth-order valence-corrected chi connectivity index (χ4v) is 1.56. The van der Waals surface area contributed by atoms with Crippen LogP contribution in [0.1, 0.15) is 39.3 Å². The second-order valence-corrected chi connectivity index (χ2v) is 5.33. The van der Waals surface area contributed by atoms with Crippen molar-refractivity contribution in [1.82, 2.24) is 5.32 Å². The second-order valence-electron chi connectivity index (χ2n) is 5.33. The number of hydrogen-bond donors (Lipinski definition) is 1. The largest absolute Gasteiger partial charge is 0.366 e. The van der Waals surface area contributed by atoms with E-state index >= 15 is 0 Å². The zero-order valence-corrected chi connectivity index (χ0v) is 11.6. The first kappa shape index (κ1) is 15.6. The van der Waals surface area contributed by atoms with Crippen LogP contribution in [0.4, 0.5) is 8.78 Å². The van der Waals surface area contributed by atoms with E-state index in [9.17, 15) is 13.6 Å². The van der Waals surface area contributed by atoms with Gasteiger partial charge < -0.3 is 10.1 Å². The van der Waals surface area contributed by atoms with Gasteiger partial charge in [-0.2, -0.15) is 0 Å². The Bertz CT molecular complexity index is 435. The van der Waals surface area contributed by atoms with Crippen LogP contribution in [0, 0.1) is 11.6 Å². The van der Waals surface area contributed by atoms with Gasteiger partial charge in [0, 0.05) is 5.56 Å². The molecule has 0 saturated heterocycles. The van der Waals surface area contributed by atoms with Crippen molar-refractivity contribution in [2.45, 2.75) is 39.3 Å². The molecule has 1 aromatic carbocycles. The molecule has 1 unspecified atom stereocenters. The highest BCUT2D eigenvalue weighted by Gasteiger charge is 2.19. The van der Waals surface area contributed by atoms with E-state index in [1.54, 1.807) is 0 Å². The Morgan fingerprint density at radius 1 is 1.32 bits per heavy atom. The van der Waals surface area contributed by atoms with Crippen molar-refractivity contribution in [3.63, 3.8) is 0 Å². The second kappa shape index (κ2) is 6.10. The van der Waals surface area contributed by atoms with Crippen molar-refractivity contribution in [1.29, 1.82) is 0 Å². The van der Waals surface area contributed by atoms with Gasteiger partial charge in [-0.05, 0) is 39.8 Å². The molecule has 0 aliphatic rings. The van der Waals surface area contributed by atoms with E-state index in [0.29, 0.717) is 0 Å². The monoisotopic (exact) mass is 271 g/mol. The Morgan fingerprint density at radius 3 is 2.32 bits per heavy atom. The van der Waals surface area contributed by atoms with Gasteiger partial charge in [-0.3, -0.25) is 4.79 Å². The van der Waals surface area contributed by atoms with Crippen molar-refractivity contribution in [2.24, 2.45) is 0 Å². The highest BCUT2D eigenvalue weighted by atomic mass is 19.1. The highest BCUT2D eigenvalue weighted by molar-refractivity contribution is 5.77. The highest BCUT2D eigenvalue weighted by Crippen LogP contribution is 2.20. The molecule has 0 heterocycles. The Morgan fingerprint density at radius 2 is 1.84 bits per heavy atom. The molecule has 0 spiro atoms. The van der Waals surface area contributed by atoms with Gasteiger partial charge >= 0.3 is 0 Å². The summed E-state index contributed by atoms with van der Waals surface area (Å²) in [5.41, 5.74) is -0.587. The van der Waals surface area contributed by atoms with Crippen LogP contribution in [0.5, 0.6) is 0 Å². The molecule has 1 rings (SSSR count). The molecule has 0 bridgehead atoms. The number of hydrogen-bond acceptors (Lipinski definition) is 2. The summed E-state index contributed by atoms with van der Waals surface area (Å²) in [6, 6.07) is 2.85. The van der Waals surface area contributed by atoms with Crippen molar-refractivity contribution in [2.75, 3.05) is 6.61 Å². The number of carbonyl (C=O) groups excluding carboxylic acids is 1. The summed E-state index contributed by atoms with van der Waals surface area (Å²) in [4.78, 5) is 11.6. The van der Waals surface area contributed by atoms with Crippen LogP contribution in [-0.4, -0.2) is 18.1 Å². The van der Waals surface area contributed by atoms with Crippen molar-refractivity contribution in [3.8, 4) is 0 Å². The van der Waals surface area contributed by atoms with E-state index < -0.39 is 29.2 Å². The van der Waals surface area contributed by atoms with E-state index in [4.69, 9.17) is 4.74 Å². The molecule has 1 aromatic rings. The summed E-state index contributed by atoms with van der Waals surface area (Å²) in [6.07, 6.45) is 0. The average molecular weight is 271 g/mol. The number of rotatable bonds is 4. The summed E-state index contributed by atoms with van der Waals surface area (Å²) >= 11 is 0. The molecule has 1 amide bonds. The lowest BCUT2D eigenvalue weighted by Gasteiger charge is -2.21. The molecule has 0 saturated carbocycles. The number of carbonyl (C=O) groups is 1. The van der Waals surface area contributed by atoms with Crippen molar-refractivity contribution >= 4 is 5.91 Å². The average Bonchev–Trinajstić information content (AvgIpc) is 2.25. The summed E-state index contributed by atoms with van der Waals surface area (Å²) in [5.74, 6) is -1.76. The minimum atomic E-state index is -0.753. The molecule has 106 valence electrons. The zero-order chi connectivity index (χ0) is 14.6. The fourth-order valence-electron chi connectivity index (χ4n) is 1.56. The van der Waals surface area contributed by atoms with Gasteiger partial charge in [0.25, 0.3) is 0 Å². The fraction of sp³-hybridized carbons (Fsp3) is 0.500. The first-order valence-corrected chi connectivity index (χ1v) is 6.08. The molecule has 0 radical (unpaired) electrons. The molecule has 0 aliphatic carbocycles. The van der Waals surface area contributed by atoms with E-state index in [-0.39, 0.29) is 12.2 Å². The third kappa shape index (κ3) is 4.95. The van der Waals surface area contributed by atoms with E-state index in [0.717, 1.165) is 12.1 Å². The van der Waals surface area contributed by atoms with E-state index in [2.05, 4.69) is 5.32 Å². The Labute approximate surface area is 112 Å². The first-order valence-electron chi connectivity index (χ1n) is 6.08. The van der Waals surface area contributed by atoms with Crippen LogP contribution in [0.2, 0.25) is 0 Å². The molecule has 1 atom stereocenters. The lowest BCUT2D eigenvalue weighted by atomic mass is 10.1. The predicted molar refractivity (Wildman–Crippen MR) is 68.6 cm³/mol. The van der Waals surface area contributed by atoms with Crippen LogP contribution in [0.15, 0.2) is 18.2 Å². The molecule has 0 fully saturated rings. The number of nitrogens with one attached hydrogen (secondary N) is 1. The van der Waals surface area contributed by atoms with Gasteiger partial charge in [0.15, 0.2) is 0 Å². The molecule has 3 nitrogen and oxygen atoms in total. The molecule has 1 N–H and O–H groups in total. The zero-order valence-electron chi connectivity index (χ0n) is 11.6. The lowest BCUT2D eigenvalue weighted by Crippen LogP contribution is -2.34. The van der Waals surface area contributed by atoms with Gasteiger partial charge in [-0.25, -0.2) is 8.78 Å². The SMILES string of the molecule is CC(NC(=O)COC(C)(C)C)c1c(F)cccc1F. The minimum Gasteiger partial charge on any atom is -0.366 e. The van der Waals surface area contributed by atoms with Crippen LogP contribution in [0.25, 0.3) is 0 Å². The number of benzene rings is 1. The van der Waals surface area contributed by atoms with Gasteiger partial charge in [0.2, 0.25) is 5.91 Å². The Kier molecular flexibility index (Phi) is 5.00. The van der Waals surface area contributed by atoms with Crippen molar-refractivity contribution in [3.05, 3.63) is 35.4 Å². The number of halogens is 2. The summed E-state index contributed by atoms with van der Waals surface area (Å²) < 4.78 is 32.3. The van der Waals surface area contributed by atoms with E-state index in [1.807, 2.05) is 20.8 Å². The van der Waals surface area contributed by atoms with Crippen molar-refractivity contribution < 1.29 is 18.3 Å². The molecule has 0 aromatic heterocycles. The number of amides is 1. The third-order valence-corrected chi connectivity index (χ3v) is 2.45. The van der Waals surface area contributed by atoms with Crippen LogP contribution in [-0.2, 0) is 9.53 Å². The van der Waals surface area contributed by atoms with Gasteiger partial charge in [-0.15, -0.1) is 0 Å². The summed E-state index contributed by atoms with van der Waals surface area (Å²) in [5, 5.41) is 2.51. The maximum absolute atomic E-state index is 13.5. The minimum absolute atomic E-state index is 0.147. The first-order chi connectivity index (χ1) is 8.70.